The highest BCUT2D eigenvalue weighted by Crippen LogP contribution is 2.41. The van der Waals surface area contributed by atoms with Gasteiger partial charge in [0, 0.05) is 11.6 Å². The average Bonchev–Trinajstić information content (AvgIpc) is 2.32. The Balaban J connectivity index is 2.64. The van der Waals surface area contributed by atoms with Crippen LogP contribution in [-0.4, -0.2) is 0 Å². The van der Waals surface area contributed by atoms with Gasteiger partial charge in [-0.3, -0.25) is 0 Å². The van der Waals surface area contributed by atoms with E-state index in [-0.39, 0.29) is 0 Å². The Morgan fingerprint density at radius 3 is 2.62 bits per heavy atom. The molecule has 1 aromatic carbocycles. The first kappa shape index (κ1) is 8.36. The van der Waals surface area contributed by atoms with Crippen LogP contribution in [0.2, 0.25) is 0 Å². The molecule has 1 atom stereocenters. The Labute approximate surface area is 79.3 Å². The summed E-state index contributed by atoms with van der Waals surface area (Å²) in [6.07, 6.45) is 0. The molecular weight excluding hydrogens is 158 g/mol. The molecule has 0 aromatic heterocycles. The average molecular weight is 173 g/mol. The van der Waals surface area contributed by atoms with Gasteiger partial charge < -0.3 is 5.73 Å². The fourth-order valence-corrected chi connectivity index (χ4v) is 2.05. The smallest absolute Gasteiger partial charge is 0.0317 e. The number of nitrogens with two attached hydrogens (primary N) is 1. The lowest BCUT2D eigenvalue weighted by molar-refractivity contribution is 0.920. The second-order valence-electron chi connectivity index (χ2n) is 3.88. The van der Waals surface area contributed by atoms with Crippen molar-refractivity contribution in [2.24, 2.45) is 0 Å². The van der Waals surface area contributed by atoms with Crippen molar-refractivity contribution in [2.75, 3.05) is 5.73 Å². The molecule has 0 amide bonds. The van der Waals surface area contributed by atoms with Gasteiger partial charge in [0.2, 0.25) is 0 Å². The Hall–Kier alpha value is -1.24. The summed E-state index contributed by atoms with van der Waals surface area (Å²) in [5, 5.41) is 0. The molecule has 0 saturated heterocycles. The maximum Gasteiger partial charge on any atom is 0.0317 e. The molecule has 0 heterocycles. The zero-order valence-corrected chi connectivity index (χ0v) is 8.39. The summed E-state index contributed by atoms with van der Waals surface area (Å²) >= 11 is 0. The third kappa shape index (κ3) is 1.07. The summed E-state index contributed by atoms with van der Waals surface area (Å²) in [4.78, 5) is 0. The van der Waals surface area contributed by atoms with Crippen molar-refractivity contribution in [2.45, 2.75) is 26.7 Å². The summed E-state index contributed by atoms with van der Waals surface area (Å²) in [6.45, 7) is 6.63. The van der Waals surface area contributed by atoms with Crippen molar-refractivity contribution in [3.8, 4) is 0 Å². The molecule has 2 N–H and O–H groups in total. The van der Waals surface area contributed by atoms with Gasteiger partial charge in [-0.2, -0.15) is 0 Å². The highest BCUT2D eigenvalue weighted by molar-refractivity contribution is 5.77. The van der Waals surface area contributed by atoms with Crippen molar-refractivity contribution in [3.63, 3.8) is 0 Å². The molecule has 0 aliphatic heterocycles. The van der Waals surface area contributed by atoms with Crippen LogP contribution >= 0.6 is 0 Å². The number of hydrogen-bond acceptors (Lipinski definition) is 1. The van der Waals surface area contributed by atoms with E-state index < -0.39 is 0 Å². The third-order valence-corrected chi connectivity index (χ3v) is 3.19. The first-order valence-corrected chi connectivity index (χ1v) is 4.68. The summed E-state index contributed by atoms with van der Waals surface area (Å²) in [7, 11) is 0. The lowest BCUT2D eigenvalue weighted by Crippen LogP contribution is -1.93. The predicted octanol–water partition coefficient (Wildman–Crippen LogP) is 3.18. The normalized spacial score (nSPS) is 20.7. The Kier molecular flexibility index (Phi) is 1.69. The highest BCUT2D eigenvalue weighted by Gasteiger charge is 2.22. The molecule has 1 heteroatoms. The van der Waals surface area contributed by atoms with Crippen LogP contribution in [0.25, 0.3) is 5.57 Å². The lowest BCUT2D eigenvalue weighted by atomic mass is 9.98. The maximum atomic E-state index is 5.77. The molecule has 2 rings (SSSR count). The van der Waals surface area contributed by atoms with Gasteiger partial charge in [-0.1, -0.05) is 18.6 Å². The second kappa shape index (κ2) is 2.63. The Morgan fingerprint density at radius 1 is 1.23 bits per heavy atom. The zero-order valence-electron chi connectivity index (χ0n) is 8.39. The Morgan fingerprint density at radius 2 is 1.92 bits per heavy atom. The fourth-order valence-electron chi connectivity index (χ4n) is 2.05. The molecule has 0 fully saturated rings. The van der Waals surface area contributed by atoms with Crippen molar-refractivity contribution in [1.82, 2.24) is 0 Å². The Bertz CT molecular complexity index is 388. The van der Waals surface area contributed by atoms with Crippen molar-refractivity contribution < 1.29 is 0 Å². The van der Waals surface area contributed by atoms with Crippen LogP contribution < -0.4 is 5.73 Å². The van der Waals surface area contributed by atoms with Crippen LogP contribution in [0.5, 0.6) is 0 Å². The molecule has 0 saturated carbocycles. The molecule has 1 unspecified atom stereocenters. The van der Waals surface area contributed by atoms with Crippen molar-refractivity contribution >= 4 is 11.3 Å². The molecule has 0 radical (unpaired) electrons. The van der Waals surface area contributed by atoms with Gasteiger partial charge in [-0.25, -0.2) is 0 Å². The molecule has 1 aliphatic rings. The first-order chi connectivity index (χ1) is 6.11. The van der Waals surface area contributed by atoms with Gasteiger partial charge in [0.15, 0.2) is 0 Å². The molecule has 1 aliphatic carbocycles. The van der Waals surface area contributed by atoms with Crippen LogP contribution in [0.15, 0.2) is 23.8 Å². The van der Waals surface area contributed by atoms with Gasteiger partial charge in [-0.05, 0) is 42.7 Å². The maximum absolute atomic E-state index is 5.77. The second-order valence-corrected chi connectivity index (χ2v) is 3.88. The first-order valence-electron chi connectivity index (χ1n) is 4.68. The SMILES string of the molecule is CC1=C(C)C(C)c2cc(N)ccc21. The van der Waals surface area contributed by atoms with E-state index in [0.29, 0.717) is 5.92 Å². The number of hydrogen-bond donors (Lipinski definition) is 1. The quantitative estimate of drug-likeness (QED) is 0.599. The summed E-state index contributed by atoms with van der Waals surface area (Å²) < 4.78 is 0. The third-order valence-electron chi connectivity index (χ3n) is 3.19. The summed E-state index contributed by atoms with van der Waals surface area (Å²) in [5.74, 6) is 0.540. The standard InChI is InChI=1S/C12H15N/c1-7-8(2)11-5-4-10(13)6-12(11)9(7)3/h4-6,9H,13H2,1-3H3. The lowest BCUT2D eigenvalue weighted by Gasteiger charge is -2.07. The number of allylic oxidation sites excluding steroid dienone is 2. The van der Waals surface area contributed by atoms with Crippen LogP contribution in [-0.2, 0) is 0 Å². The van der Waals surface area contributed by atoms with Crippen LogP contribution in [0.3, 0.4) is 0 Å². The number of nitrogen functional groups attached to an aromatic ring is 1. The molecule has 13 heavy (non-hydrogen) atoms. The monoisotopic (exact) mass is 173 g/mol. The van der Waals surface area contributed by atoms with Crippen molar-refractivity contribution in [3.05, 3.63) is 34.9 Å². The van der Waals surface area contributed by atoms with Gasteiger partial charge in [0.1, 0.15) is 0 Å². The number of anilines is 1. The number of benzene rings is 1. The van der Waals surface area contributed by atoms with Crippen LogP contribution in [0, 0.1) is 0 Å². The van der Waals surface area contributed by atoms with E-state index in [9.17, 15) is 0 Å². The van der Waals surface area contributed by atoms with Gasteiger partial charge in [0.05, 0.1) is 0 Å². The zero-order chi connectivity index (χ0) is 9.59. The summed E-state index contributed by atoms with van der Waals surface area (Å²) in [5.41, 5.74) is 12.3. The van der Waals surface area contributed by atoms with E-state index in [4.69, 9.17) is 5.73 Å². The van der Waals surface area contributed by atoms with E-state index in [2.05, 4.69) is 32.9 Å². The largest absolute Gasteiger partial charge is 0.399 e. The van der Waals surface area contributed by atoms with E-state index in [1.54, 1.807) is 0 Å². The fraction of sp³-hybridized carbons (Fsp3) is 0.333. The topological polar surface area (TPSA) is 26.0 Å². The molecule has 0 spiro atoms. The van der Waals surface area contributed by atoms with E-state index >= 15 is 0 Å². The molecule has 1 nitrogen and oxygen atoms in total. The van der Waals surface area contributed by atoms with Gasteiger partial charge in [0.25, 0.3) is 0 Å². The van der Waals surface area contributed by atoms with Gasteiger partial charge >= 0.3 is 0 Å². The summed E-state index contributed by atoms with van der Waals surface area (Å²) in [6, 6.07) is 6.21. The van der Waals surface area contributed by atoms with E-state index in [1.165, 1.54) is 22.3 Å². The van der Waals surface area contributed by atoms with E-state index in [0.717, 1.165) is 5.69 Å². The van der Waals surface area contributed by atoms with Crippen molar-refractivity contribution in [1.29, 1.82) is 0 Å². The minimum atomic E-state index is 0.540. The minimum absolute atomic E-state index is 0.540. The van der Waals surface area contributed by atoms with Crippen LogP contribution in [0.1, 0.15) is 37.8 Å². The number of rotatable bonds is 0. The molecular formula is C12H15N. The molecule has 1 aromatic rings. The number of fused-ring (bicyclic) bond motifs is 1. The highest BCUT2D eigenvalue weighted by atomic mass is 14.5. The van der Waals surface area contributed by atoms with Gasteiger partial charge in [-0.15, -0.1) is 0 Å². The predicted molar refractivity (Wildman–Crippen MR) is 57.5 cm³/mol. The van der Waals surface area contributed by atoms with E-state index in [1.807, 2.05) is 6.07 Å². The molecule has 68 valence electrons. The molecule has 0 bridgehead atoms. The van der Waals surface area contributed by atoms with Crippen LogP contribution in [0.4, 0.5) is 5.69 Å². The minimum Gasteiger partial charge on any atom is -0.399 e.